The molecule has 1 rings (SSSR count). The van der Waals surface area contributed by atoms with Gasteiger partial charge in [0.15, 0.2) is 0 Å². The van der Waals surface area contributed by atoms with Crippen molar-refractivity contribution in [3.05, 3.63) is 35.4 Å². The van der Waals surface area contributed by atoms with Crippen LogP contribution in [0.25, 0.3) is 0 Å². The minimum absolute atomic E-state index is 0.227. The maximum absolute atomic E-state index is 11.2. The second-order valence-corrected chi connectivity index (χ2v) is 3.58. The van der Waals surface area contributed by atoms with Crippen molar-refractivity contribution in [2.45, 2.75) is 20.8 Å². The number of ether oxygens (including phenoxy) is 1. The topological polar surface area (TPSA) is 46.5 Å². The van der Waals surface area contributed by atoms with Crippen LogP contribution in [0.2, 0.25) is 0 Å². The van der Waals surface area contributed by atoms with Gasteiger partial charge in [-0.15, -0.1) is 0 Å². The smallest absolute Gasteiger partial charge is 0.338 e. The summed E-state index contributed by atoms with van der Waals surface area (Å²) in [5, 5.41) is 9.52. The van der Waals surface area contributed by atoms with E-state index in [1.807, 2.05) is 0 Å². The first-order valence-corrected chi connectivity index (χ1v) is 4.59. The first-order chi connectivity index (χ1) is 6.91. The van der Waals surface area contributed by atoms with E-state index in [9.17, 15) is 9.90 Å². The number of hydrogen-bond acceptors (Lipinski definition) is 3. The minimum atomic E-state index is -0.459. The Balaban J connectivity index is 2.98. The Kier molecular flexibility index (Phi) is 3.14. The van der Waals surface area contributed by atoms with E-state index < -0.39 is 5.97 Å². The summed E-state index contributed by atoms with van der Waals surface area (Å²) >= 11 is 0. The Morgan fingerprint density at radius 2 is 1.80 bits per heavy atom. The molecule has 1 N–H and O–H groups in total. The number of phenolic OH excluding ortho intramolecular Hbond substituents is 1. The molecule has 15 heavy (non-hydrogen) atoms. The molecular weight excluding hydrogens is 192 g/mol. The molecule has 0 bridgehead atoms. The zero-order valence-electron chi connectivity index (χ0n) is 9.13. The van der Waals surface area contributed by atoms with E-state index in [1.54, 1.807) is 32.9 Å². The highest BCUT2D eigenvalue weighted by Crippen LogP contribution is 2.27. The van der Waals surface area contributed by atoms with Gasteiger partial charge in [0.05, 0.1) is 0 Å². The van der Waals surface area contributed by atoms with Gasteiger partial charge in [-0.25, -0.2) is 4.79 Å². The summed E-state index contributed by atoms with van der Waals surface area (Å²) < 4.78 is 5.04. The standard InChI is InChI=1S/C12H14O3/c1-7(2)12(14)15-10-5-8(3)11(13)9(4)6-10/h5-6,13H,1H2,2-4H3. The lowest BCUT2D eigenvalue weighted by atomic mass is 10.1. The molecule has 0 amide bonds. The van der Waals surface area contributed by atoms with Gasteiger partial charge >= 0.3 is 5.97 Å². The molecule has 0 aromatic heterocycles. The molecule has 0 saturated carbocycles. The molecular formula is C12H14O3. The lowest BCUT2D eigenvalue weighted by Crippen LogP contribution is -2.08. The number of phenols is 1. The van der Waals surface area contributed by atoms with E-state index >= 15 is 0 Å². The van der Waals surface area contributed by atoms with E-state index in [0.29, 0.717) is 22.4 Å². The third kappa shape index (κ3) is 2.59. The minimum Gasteiger partial charge on any atom is -0.507 e. The van der Waals surface area contributed by atoms with Crippen molar-refractivity contribution in [3.63, 3.8) is 0 Å². The molecule has 0 fully saturated rings. The molecule has 0 aliphatic rings. The van der Waals surface area contributed by atoms with Crippen LogP contribution in [0.15, 0.2) is 24.3 Å². The Hall–Kier alpha value is -1.77. The maximum atomic E-state index is 11.2. The molecule has 80 valence electrons. The van der Waals surface area contributed by atoms with Crippen molar-refractivity contribution in [1.82, 2.24) is 0 Å². The largest absolute Gasteiger partial charge is 0.507 e. The van der Waals surface area contributed by atoms with Gasteiger partial charge in [-0.2, -0.15) is 0 Å². The van der Waals surface area contributed by atoms with Crippen LogP contribution in [-0.4, -0.2) is 11.1 Å². The van der Waals surface area contributed by atoms with Crippen LogP contribution < -0.4 is 4.74 Å². The van der Waals surface area contributed by atoms with Crippen molar-refractivity contribution in [2.75, 3.05) is 0 Å². The Morgan fingerprint density at radius 3 is 2.20 bits per heavy atom. The van der Waals surface area contributed by atoms with E-state index in [-0.39, 0.29) is 5.75 Å². The highest BCUT2D eigenvalue weighted by atomic mass is 16.5. The van der Waals surface area contributed by atoms with Gasteiger partial charge in [0.1, 0.15) is 11.5 Å². The first-order valence-electron chi connectivity index (χ1n) is 4.59. The average molecular weight is 206 g/mol. The van der Waals surface area contributed by atoms with Gasteiger partial charge in [0, 0.05) is 5.57 Å². The number of carbonyl (C=O) groups excluding carboxylic acids is 1. The van der Waals surface area contributed by atoms with Crippen molar-refractivity contribution >= 4 is 5.97 Å². The number of carbonyl (C=O) groups is 1. The number of rotatable bonds is 2. The molecule has 3 heteroatoms. The molecule has 0 unspecified atom stereocenters. The van der Waals surface area contributed by atoms with Gasteiger partial charge in [0.25, 0.3) is 0 Å². The molecule has 0 aliphatic carbocycles. The van der Waals surface area contributed by atoms with Crippen LogP contribution in [0.1, 0.15) is 18.1 Å². The first kappa shape index (κ1) is 11.3. The number of aromatic hydroxyl groups is 1. The summed E-state index contributed by atoms with van der Waals surface area (Å²) in [5.74, 6) is 0.195. The van der Waals surface area contributed by atoms with Crippen LogP contribution in [0.5, 0.6) is 11.5 Å². The van der Waals surface area contributed by atoms with E-state index in [1.165, 1.54) is 0 Å². The van der Waals surface area contributed by atoms with Crippen molar-refractivity contribution < 1.29 is 14.6 Å². The fourth-order valence-corrected chi connectivity index (χ4v) is 1.17. The van der Waals surface area contributed by atoms with Gasteiger partial charge in [-0.1, -0.05) is 6.58 Å². The van der Waals surface area contributed by atoms with E-state index in [2.05, 4.69) is 6.58 Å². The fraction of sp³-hybridized carbons (Fsp3) is 0.250. The highest BCUT2D eigenvalue weighted by molar-refractivity contribution is 5.88. The van der Waals surface area contributed by atoms with Crippen LogP contribution in [0, 0.1) is 13.8 Å². The molecule has 0 aliphatic heterocycles. The number of hydrogen-bond donors (Lipinski definition) is 1. The van der Waals surface area contributed by atoms with Crippen molar-refractivity contribution in [1.29, 1.82) is 0 Å². The molecule has 0 atom stereocenters. The normalized spacial score (nSPS) is 9.80. The predicted molar refractivity (Wildman–Crippen MR) is 58.0 cm³/mol. The average Bonchev–Trinajstić information content (AvgIpc) is 2.13. The molecule has 1 aromatic carbocycles. The lowest BCUT2D eigenvalue weighted by Gasteiger charge is -2.08. The molecule has 0 spiro atoms. The van der Waals surface area contributed by atoms with E-state index in [0.717, 1.165) is 0 Å². The molecule has 0 radical (unpaired) electrons. The summed E-state index contributed by atoms with van der Waals surface area (Å²) in [6.45, 7) is 8.58. The third-order valence-electron chi connectivity index (χ3n) is 2.02. The van der Waals surface area contributed by atoms with Gasteiger partial charge < -0.3 is 9.84 Å². The number of aryl methyl sites for hydroxylation is 2. The summed E-state index contributed by atoms with van der Waals surface area (Å²) in [5.41, 5.74) is 1.71. The van der Waals surface area contributed by atoms with Crippen molar-refractivity contribution in [2.24, 2.45) is 0 Å². The quantitative estimate of drug-likeness (QED) is 0.459. The SMILES string of the molecule is C=C(C)C(=O)Oc1cc(C)c(O)c(C)c1. The third-order valence-corrected chi connectivity index (χ3v) is 2.02. The lowest BCUT2D eigenvalue weighted by molar-refractivity contribution is -0.130. The Bertz CT molecular complexity index is 396. The number of benzene rings is 1. The predicted octanol–water partition coefficient (Wildman–Crippen LogP) is 2.49. The molecule has 0 saturated heterocycles. The zero-order valence-corrected chi connectivity index (χ0v) is 9.13. The van der Waals surface area contributed by atoms with Crippen molar-refractivity contribution in [3.8, 4) is 11.5 Å². The Labute approximate surface area is 89.0 Å². The maximum Gasteiger partial charge on any atom is 0.338 e. The van der Waals surface area contributed by atoms with Crippen LogP contribution in [-0.2, 0) is 4.79 Å². The molecule has 0 heterocycles. The van der Waals surface area contributed by atoms with Crippen LogP contribution in [0.3, 0.4) is 0 Å². The second-order valence-electron chi connectivity index (χ2n) is 3.58. The number of esters is 1. The highest BCUT2D eigenvalue weighted by Gasteiger charge is 2.08. The fourth-order valence-electron chi connectivity index (χ4n) is 1.17. The summed E-state index contributed by atoms with van der Waals surface area (Å²) in [6.07, 6.45) is 0. The van der Waals surface area contributed by atoms with Crippen LogP contribution in [0.4, 0.5) is 0 Å². The zero-order chi connectivity index (χ0) is 11.6. The summed E-state index contributed by atoms with van der Waals surface area (Å²) in [7, 11) is 0. The summed E-state index contributed by atoms with van der Waals surface area (Å²) in [4.78, 5) is 11.2. The van der Waals surface area contributed by atoms with Gasteiger partial charge in [-0.05, 0) is 44.0 Å². The monoisotopic (exact) mass is 206 g/mol. The van der Waals surface area contributed by atoms with Gasteiger partial charge in [0.2, 0.25) is 0 Å². The Morgan fingerprint density at radius 1 is 1.33 bits per heavy atom. The van der Waals surface area contributed by atoms with Crippen LogP contribution >= 0.6 is 0 Å². The molecule has 1 aromatic rings. The van der Waals surface area contributed by atoms with Gasteiger partial charge in [-0.3, -0.25) is 0 Å². The second kappa shape index (κ2) is 4.17. The molecule has 3 nitrogen and oxygen atoms in total. The summed E-state index contributed by atoms with van der Waals surface area (Å²) in [6, 6.07) is 3.23. The van der Waals surface area contributed by atoms with E-state index in [4.69, 9.17) is 4.74 Å².